The van der Waals surface area contributed by atoms with Gasteiger partial charge < -0.3 is 19.5 Å². The van der Waals surface area contributed by atoms with E-state index in [9.17, 15) is 4.79 Å². The molecule has 1 aliphatic rings. The van der Waals surface area contributed by atoms with Crippen molar-refractivity contribution in [2.45, 2.75) is 19.4 Å². The average molecular weight is 265 g/mol. The summed E-state index contributed by atoms with van der Waals surface area (Å²) in [5, 5.41) is 3.27. The first-order valence-corrected chi connectivity index (χ1v) is 6.44. The van der Waals surface area contributed by atoms with Crippen LogP contribution in [0.2, 0.25) is 0 Å². The summed E-state index contributed by atoms with van der Waals surface area (Å²) in [6.07, 6.45) is 0.296. The highest BCUT2D eigenvalue weighted by molar-refractivity contribution is 5.70. The largest absolute Gasteiger partial charge is 0.486 e. The number of rotatable bonds is 5. The van der Waals surface area contributed by atoms with Crippen molar-refractivity contribution in [3.05, 3.63) is 23.8 Å². The van der Waals surface area contributed by atoms with Gasteiger partial charge in [-0.05, 0) is 24.2 Å². The molecule has 104 valence electrons. The molecular formula is C14H19NO4. The van der Waals surface area contributed by atoms with Crippen LogP contribution in [0, 0.1) is 0 Å². The van der Waals surface area contributed by atoms with E-state index in [-0.39, 0.29) is 12.0 Å². The first kappa shape index (κ1) is 13.7. The molecule has 1 N–H and O–H groups in total. The quantitative estimate of drug-likeness (QED) is 0.821. The van der Waals surface area contributed by atoms with Crippen molar-refractivity contribution >= 4 is 5.97 Å². The van der Waals surface area contributed by atoms with Crippen molar-refractivity contribution in [3.8, 4) is 11.5 Å². The normalized spacial score (nSPS) is 14.8. The number of esters is 1. The second-order valence-corrected chi connectivity index (χ2v) is 4.29. The van der Waals surface area contributed by atoms with Crippen LogP contribution in [0.5, 0.6) is 11.5 Å². The van der Waals surface area contributed by atoms with E-state index >= 15 is 0 Å². The zero-order valence-corrected chi connectivity index (χ0v) is 11.3. The van der Waals surface area contributed by atoms with Crippen molar-refractivity contribution in [1.29, 1.82) is 0 Å². The number of benzene rings is 1. The van der Waals surface area contributed by atoms with Gasteiger partial charge in [-0.15, -0.1) is 0 Å². The van der Waals surface area contributed by atoms with Crippen LogP contribution in [0.3, 0.4) is 0 Å². The van der Waals surface area contributed by atoms with Gasteiger partial charge in [0.05, 0.1) is 13.5 Å². The topological polar surface area (TPSA) is 56.8 Å². The Morgan fingerprint density at radius 2 is 2.11 bits per heavy atom. The van der Waals surface area contributed by atoms with Crippen molar-refractivity contribution < 1.29 is 19.0 Å². The van der Waals surface area contributed by atoms with Gasteiger partial charge in [-0.3, -0.25) is 4.79 Å². The van der Waals surface area contributed by atoms with E-state index in [1.54, 1.807) is 0 Å². The van der Waals surface area contributed by atoms with Gasteiger partial charge in [-0.25, -0.2) is 0 Å². The molecule has 2 rings (SSSR count). The van der Waals surface area contributed by atoms with Gasteiger partial charge in [0.15, 0.2) is 11.5 Å². The Hall–Kier alpha value is -1.75. The molecule has 1 aliphatic heterocycles. The lowest BCUT2D eigenvalue weighted by atomic mass is 10.0. The fourth-order valence-corrected chi connectivity index (χ4v) is 2.08. The standard InChI is InChI=1S/C14H19NO4/c1-3-15-11(9-14(16)17-2)10-4-5-12-13(8-10)19-7-6-18-12/h4-5,8,11,15H,3,6-7,9H2,1-2H3. The van der Waals surface area contributed by atoms with Crippen LogP contribution in [-0.4, -0.2) is 32.8 Å². The van der Waals surface area contributed by atoms with E-state index in [1.807, 2.05) is 25.1 Å². The lowest BCUT2D eigenvalue weighted by molar-refractivity contribution is -0.141. The summed E-state index contributed by atoms with van der Waals surface area (Å²) in [6, 6.07) is 5.67. The van der Waals surface area contributed by atoms with Gasteiger partial charge >= 0.3 is 5.97 Å². The Morgan fingerprint density at radius 1 is 1.37 bits per heavy atom. The molecule has 19 heavy (non-hydrogen) atoms. The smallest absolute Gasteiger partial charge is 0.307 e. The first-order chi connectivity index (χ1) is 9.24. The molecule has 1 heterocycles. The molecule has 0 fully saturated rings. The SMILES string of the molecule is CCNC(CC(=O)OC)c1ccc2c(c1)OCCO2. The number of carbonyl (C=O) groups is 1. The summed E-state index contributed by atoms with van der Waals surface area (Å²) < 4.78 is 15.8. The molecule has 0 radical (unpaired) electrons. The Balaban J connectivity index is 2.18. The van der Waals surface area contributed by atoms with Crippen LogP contribution < -0.4 is 14.8 Å². The highest BCUT2D eigenvalue weighted by Crippen LogP contribution is 2.33. The highest BCUT2D eigenvalue weighted by Gasteiger charge is 2.19. The van der Waals surface area contributed by atoms with E-state index in [0.717, 1.165) is 23.6 Å². The number of nitrogens with one attached hydrogen (secondary N) is 1. The van der Waals surface area contributed by atoms with Gasteiger partial charge in [0, 0.05) is 6.04 Å². The third-order valence-electron chi connectivity index (χ3n) is 3.02. The minimum atomic E-state index is -0.235. The third kappa shape index (κ3) is 3.38. The van der Waals surface area contributed by atoms with Crippen LogP contribution in [0.25, 0.3) is 0 Å². The number of ether oxygens (including phenoxy) is 3. The van der Waals surface area contributed by atoms with Crippen molar-refractivity contribution in [2.75, 3.05) is 26.9 Å². The number of fused-ring (bicyclic) bond motifs is 1. The Labute approximate surface area is 112 Å². The lowest BCUT2D eigenvalue weighted by Crippen LogP contribution is -2.24. The minimum Gasteiger partial charge on any atom is -0.486 e. The van der Waals surface area contributed by atoms with Crippen molar-refractivity contribution in [1.82, 2.24) is 5.32 Å². The van der Waals surface area contributed by atoms with Crippen LogP contribution in [0.15, 0.2) is 18.2 Å². The molecule has 1 aromatic carbocycles. The zero-order valence-electron chi connectivity index (χ0n) is 11.3. The van der Waals surface area contributed by atoms with Crippen molar-refractivity contribution in [2.24, 2.45) is 0 Å². The molecule has 0 aliphatic carbocycles. The molecular weight excluding hydrogens is 246 g/mol. The van der Waals surface area contributed by atoms with E-state index in [4.69, 9.17) is 14.2 Å². The maximum Gasteiger partial charge on any atom is 0.307 e. The van der Waals surface area contributed by atoms with E-state index in [2.05, 4.69) is 5.32 Å². The molecule has 5 heteroatoms. The van der Waals surface area contributed by atoms with Crippen LogP contribution in [0.1, 0.15) is 24.9 Å². The summed E-state index contributed by atoms with van der Waals surface area (Å²) in [7, 11) is 1.40. The zero-order chi connectivity index (χ0) is 13.7. The first-order valence-electron chi connectivity index (χ1n) is 6.44. The third-order valence-corrected chi connectivity index (χ3v) is 3.02. The summed E-state index contributed by atoms with van der Waals surface area (Å²) in [6.45, 7) is 3.91. The molecule has 0 saturated heterocycles. The van der Waals surface area contributed by atoms with E-state index < -0.39 is 0 Å². The fraction of sp³-hybridized carbons (Fsp3) is 0.500. The average Bonchev–Trinajstić information content (AvgIpc) is 2.46. The lowest BCUT2D eigenvalue weighted by Gasteiger charge is -2.22. The maximum absolute atomic E-state index is 11.4. The second-order valence-electron chi connectivity index (χ2n) is 4.29. The Morgan fingerprint density at radius 3 is 2.79 bits per heavy atom. The van der Waals surface area contributed by atoms with Crippen LogP contribution in [-0.2, 0) is 9.53 Å². The van der Waals surface area contributed by atoms with Gasteiger partial charge in [0.2, 0.25) is 0 Å². The second kappa shape index (κ2) is 6.43. The molecule has 0 aromatic heterocycles. The van der Waals surface area contributed by atoms with Gasteiger partial charge in [-0.2, -0.15) is 0 Å². The van der Waals surface area contributed by atoms with Gasteiger partial charge in [0.1, 0.15) is 13.2 Å². The predicted molar refractivity (Wildman–Crippen MR) is 70.5 cm³/mol. The molecule has 0 spiro atoms. The monoisotopic (exact) mass is 265 g/mol. The summed E-state index contributed by atoms with van der Waals surface area (Å²) >= 11 is 0. The molecule has 1 unspecified atom stereocenters. The molecule has 0 saturated carbocycles. The minimum absolute atomic E-state index is 0.0757. The Kier molecular flexibility index (Phi) is 4.63. The highest BCUT2D eigenvalue weighted by atomic mass is 16.6. The predicted octanol–water partition coefficient (Wildman–Crippen LogP) is 1.67. The number of hydrogen-bond donors (Lipinski definition) is 1. The molecule has 5 nitrogen and oxygen atoms in total. The number of methoxy groups -OCH3 is 1. The van der Waals surface area contributed by atoms with Gasteiger partial charge in [0.25, 0.3) is 0 Å². The van der Waals surface area contributed by atoms with E-state index in [1.165, 1.54) is 7.11 Å². The molecule has 0 amide bonds. The molecule has 1 atom stereocenters. The summed E-state index contributed by atoms with van der Waals surface area (Å²) in [5.41, 5.74) is 0.997. The van der Waals surface area contributed by atoms with Crippen LogP contribution in [0.4, 0.5) is 0 Å². The number of hydrogen-bond acceptors (Lipinski definition) is 5. The molecule has 1 aromatic rings. The van der Waals surface area contributed by atoms with Crippen LogP contribution >= 0.6 is 0 Å². The van der Waals surface area contributed by atoms with Gasteiger partial charge in [-0.1, -0.05) is 13.0 Å². The van der Waals surface area contributed by atoms with Crippen molar-refractivity contribution in [3.63, 3.8) is 0 Å². The maximum atomic E-state index is 11.4. The summed E-state index contributed by atoms with van der Waals surface area (Å²) in [4.78, 5) is 11.4. The Bertz CT molecular complexity index is 447. The summed E-state index contributed by atoms with van der Waals surface area (Å²) in [5.74, 6) is 1.25. The number of carbonyl (C=O) groups excluding carboxylic acids is 1. The molecule has 0 bridgehead atoms. The van der Waals surface area contributed by atoms with E-state index in [0.29, 0.717) is 19.6 Å². The fourth-order valence-electron chi connectivity index (χ4n) is 2.08.